The van der Waals surface area contributed by atoms with Crippen molar-refractivity contribution >= 4 is 35.8 Å². The van der Waals surface area contributed by atoms with Gasteiger partial charge in [0.15, 0.2) is 0 Å². The molecule has 0 spiro atoms. The minimum absolute atomic E-state index is 0.0145. The lowest BCUT2D eigenvalue weighted by molar-refractivity contribution is -0.138. The molecule has 2 fully saturated rings. The molecule has 8 N–H and O–H groups in total. The quantitative estimate of drug-likeness (QED) is 0.0417. The van der Waals surface area contributed by atoms with Gasteiger partial charge in [-0.2, -0.15) is 0 Å². The first-order valence-electron chi connectivity index (χ1n) is 36.4. The summed E-state index contributed by atoms with van der Waals surface area (Å²) in [4.78, 5) is 113. The van der Waals surface area contributed by atoms with Gasteiger partial charge >= 0.3 is 12.2 Å². The molecule has 4 aliphatic heterocycles. The van der Waals surface area contributed by atoms with Gasteiger partial charge in [0.1, 0.15) is 35.4 Å². The second kappa shape index (κ2) is 35.6. The molecular formula is C80H98N14O10. The lowest BCUT2D eigenvalue weighted by Gasteiger charge is -2.27. The smallest absolute Gasteiger partial charge is 0.407 e. The lowest BCUT2D eigenvalue weighted by Crippen LogP contribution is -2.48. The van der Waals surface area contributed by atoms with Gasteiger partial charge in [-0.15, -0.1) is 0 Å². The minimum atomic E-state index is -0.744. The Hall–Kier alpha value is -10.5. The van der Waals surface area contributed by atoms with Crippen LogP contribution in [0.3, 0.4) is 0 Å². The predicted molar refractivity (Wildman–Crippen MR) is 398 cm³/mol. The molecule has 12 rings (SSSR count). The van der Waals surface area contributed by atoms with Gasteiger partial charge in [-0.1, -0.05) is 163 Å². The molecule has 4 aromatic heterocycles. The summed E-state index contributed by atoms with van der Waals surface area (Å²) in [7, 11) is 2.55. The number of hydrogen-bond acceptors (Lipinski definition) is 14. The molecule has 0 radical (unpaired) electrons. The van der Waals surface area contributed by atoms with E-state index in [9.17, 15) is 28.8 Å². The molecule has 0 unspecified atom stereocenters. The number of aromatic nitrogens is 8. The number of benzene rings is 4. The third-order valence-corrected chi connectivity index (χ3v) is 20.3. The van der Waals surface area contributed by atoms with E-state index in [0.29, 0.717) is 88.4 Å². The van der Waals surface area contributed by atoms with Crippen LogP contribution in [0.5, 0.6) is 0 Å². The maximum absolute atomic E-state index is 13.2. The van der Waals surface area contributed by atoms with E-state index >= 15 is 0 Å². The number of methoxy groups -OCH3 is 2. The number of imidazole rings is 4. The number of nitrogens with zero attached hydrogens (tertiary/aromatic N) is 6. The van der Waals surface area contributed by atoms with Gasteiger partial charge in [-0.3, -0.25) is 19.2 Å². The summed E-state index contributed by atoms with van der Waals surface area (Å²) in [5.41, 5.74) is 11.8. The number of amides is 6. The van der Waals surface area contributed by atoms with E-state index < -0.39 is 36.4 Å². The van der Waals surface area contributed by atoms with Crippen molar-refractivity contribution in [3.63, 3.8) is 0 Å². The highest BCUT2D eigenvalue weighted by Crippen LogP contribution is 2.37. The predicted octanol–water partition coefficient (Wildman–Crippen LogP) is 13.5. The molecule has 0 bridgehead atoms. The van der Waals surface area contributed by atoms with Crippen molar-refractivity contribution in [3.05, 3.63) is 169 Å². The molecule has 8 heterocycles. The summed E-state index contributed by atoms with van der Waals surface area (Å²) in [5, 5.41) is 11.4. The van der Waals surface area contributed by atoms with E-state index in [1.54, 1.807) is 12.4 Å². The van der Waals surface area contributed by atoms with E-state index in [0.717, 1.165) is 118 Å². The molecule has 24 nitrogen and oxygen atoms in total. The molecule has 2 saturated heterocycles. The second-order valence-corrected chi connectivity index (χ2v) is 27.8. The number of carbonyl (C=O) groups excluding carboxylic acids is 6. The first-order chi connectivity index (χ1) is 50.4. The van der Waals surface area contributed by atoms with Crippen LogP contribution >= 0.6 is 0 Å². The van der Waals surface area contributed by atoms with Crippen LogP contribution in [0.2, 0.25) is 0 Å². The van der Waals surface area contributed by atoms with Crippen LogP contribution in [0.15, 0.2) is 146 Å². The van der Waals surface area contributed by atoms with E-state index in [1.807, 2.05) is 84.6 Å². The molecule has 4 aliphatic rings. The zero-order valence-electron chi connectivity index (χ0n) is 60.7. The van der Waals surface area contributed by atoms with Crippen LogP contribution in [-0.4, -0.2) is 151 Å². The Morgan fingerprint density at radius 1 is 0.433 bits per heavy atom. The van der Waals surface area contributed by atoms with Gasteiger partial charge in [-0.25, -0.2) is 29.5 Å². The van der Waals surface area contributed by atoms with Crippen molar-refractivity contribution in [2.24, 2.45) is 23.7 Å². The van der Waals surface area contributed by atoms with Crippen LogP contribution in [0.4, 0.5) is 9.59 Å². The molecule has 548 valence electrons. The van der Waals surface area contributed by atoms with Crippen molar-refractivity contribution in [1.82, 2.24) is 70.9 Å². The number of nitrogens with one attached hydrogen (secondary N) is 8. The number of rotatable bonds is 16. The first-order valence-corrected chi connectivity index (χ1v) is 36.4. The topological polar surface area (TPSA) is 309 Å². The molecule has 24 heteroatoms. The summed E-state index contributed by atoms with van der Waals surface area (Å²) in [5.74, 6) is 3.26. The maximum Gasteiger partial charge on any atom is 0.407 e. The highest BCUT2D eigenvalue weighted by atomic mass is 16.5. The average molecular weight is 1420 g/mol. The van der Waals surface area contributed by atoms with Crippen molar-refractivity contribution in [1.29, 1.82) is 0 Å². The summed E-state index contributed by atoms with van der Waals surface area (Å²) in [6.45, 7) is 15.7. The van der Waals surface area contributed by atoms with Crippen LogP contribution in [0.25, 0.3) is 67.3 Å². The monoisotopic (exact) mass is 1410 g/mol. The number of aromatic amines is 4. The molecule has 104 heavy (non-hydrogen) atoms. The van der Waals surface area contributed by atoms with E-state index in [1.165, 1.54) is 14.2 Å². The molecule has 0 saturated carbocycles. The number of alkyl carbamates (subject to hydrolysis) is 2. The highest BCUT2D eigenvalue weighted by Gasteiger charge is 2.37. The number of carbonyl (C=O) groups is 6. The standard InChI is InChI=1S/2C40H49N7O5/c2*1-25(2)26(3)39(49)47-20-8-10-35(47)37-42-24-34(44-37)30-17-13-28(14-18-30)27-11-15-29(16-12-27)33-23-41-36(43-33)31-19-22-52-21-7-5-6-9-32(38(48)45-31)46-40(50)51-4/h2*5,7,11-18,23-26,31-32,35H,6,8-10,19-22H2,1-4H3,(H,41,43)(H,42,44)(H,45,48)(H,46,50)/b2*7-5-/t26-,31-,32+,35-;26-,31-,32-,35-/m00/s1. The lowest BCUT2D eigenvalue weighted by atomic mass is 9.96. The molecule has 0 aliphatic carbocycles. The van der Waals surface area contributed by atoms with Gasteiger partial charge in [0.05, 0.1) is 99.2 Å². The molecule has 8 aromatic rings. The Balaban J connectivity index is 0.000000208. The van der Waals surface area contributed by atoms with E-state index in [4.69, 9.17) is 28.9 Å². The Morgan fingerprint density at radius 2 is 0.740 bits per heavy atom. The van der Waals surface area contributed by atoms with Gasteiger partial charge in [0.25, 0.3) is 0 Å². The SMILES string of the molecule is COC(=O)N[C@@H]1CC/C=C\COCC[C@@H](c2ncc(-c3ccc(-c4ccc(-c5cnc([C@@H]6CCCN6C(=O)[C@@H](C)C(C)C)[nH]5)cc4)cc3)[nH]2)NC1=O.COC(=O)N[C@H]1CC/C=C\COCC[C@@H](c2ncc(-c3ccc(-c4ccc(-c5cnc([C@@H]6CCCN6C(=O)[C@@H](C)C(C)C)[nH]5)cc4)cc3)[nH]2)NC1=O. The normalized spacial score (nSPS) is 21.1. The summed E-state index contributed by atoms with van der Waals surface area (Å²) >= 11 is 0. The zero-order chi connectivity index (χ0) is 73.2. The number of likely N-dealkylation sites (tertiary alicyclic amines) is 2. The third kappa shape index (κ3) is 18.8. The van der Waals surface area contributed by atoms with Gasteiger partial charge in [-0.05, 0) is 121 Å². The summed E-state index contributed by atoms with van der Waals surface area (Å²) in [6.07, 6.45) is 20.5. The number of ether oxygens (including phenoxy) is 4. The van der Waals surface area contributed by atoms with Gasteiger partial charge in [0, 0.05) is 38.1 Å². The summed E-state index contributed by atoms with van der Waals surface area (Å²) < 4.78 is 21.0. The Labute approximate surface area is 607 Å². The Morgan fingerprint density at radius 3 is 1.06 bits per heavy atom. The molecule has 6 amide bonds. The van der Waals surface area contributed by atoms with Crippen molar-refractivity contribution in [2.45, 2.75) is 142 Å². The third-order valence-electron chi connectivity index (χ3n) is 20.3. The second-order valence-electron chi connectivity index (χ2n) is 27.8. The maximum atomic E-state index is 13.2. The van der Waals surface area contributed by atoms with Crippen molar-refractivity contribution in [2.75, 3.05) is 53.7 Å². The first kappa shape index (κ1) is 74.7. The van der Waals surface area contributed by atoms with Crippen LogP contribution in [-0.2, 0) is 38.1 Å². The average Bonchev–Trinajstić information content (AvgIpc) is 1.64. The summed E-state index contributed by atoms with van der Waals surface area (Å²) in [6, 6.07) is 30.8. The minimum Gasteiger partial charge on any atom is -0.453 e. The van der Waals surface area contributed by atoms with Crippen molar-refractivity contribution in [3.8, 4) is 67.3 Å². The van der Waals surface area contributed by atoms with Gasteiger partial charge < -0.3 is 70.0 Å². The van der Waals surface area contributed by atoms with E-state index in [-0.39, 0.29) is 47.5 Å². The molecule has 4 aromatic carbocycles. The Kier molecular flexibility index (Phi) is 25.6. The zero-order valence-corrected chi connectivity index (χ0v) is 60.7. The van der Waals surface area contributed by atoms with E-state index in [2.05, 4.69) is 152 Å². The fourth-order valence-corrected chi connectivity index (χ4v) is 13.4. The highest BCUT2D eigenvalue weighted by molar-refractivity contribution is 5.87. The Bertz CT molecular complexity index is 3960. The fraction of sp³-hybridized carbons (Fsp3) is 0.425. The number of hydrogen-bond donors (Lipinski definition) is 8. The van der Waals surface area contributed by atoms with Crippen LogP contribution in [0, 0.1) is 23.7 Å². The van der Waals surface area contributed by atoms with Crippen LogP contribution < -0.4 is 21.3 Å². The molecule has 8 atom stereocenters. The van der Waals surface area contributed by atoms with Gasteiger partial charge in [0.2, 0.25) is 23.6 Å². The molecular weight excluding hydrogens is 1320 g/mol. The van der Waals surface area contributed by atoms with Crippen molar-refractivity contribution < 1.29 is 47.7 Å². The number of allylic oxidation sites excluding steroid dienone is 2. The fourth-order valence-electron chi connectivity index (χ4n) is 13.4. The largest absolute Gasteiger partial charge is 0.453 e. The van der Waals surface area contributed by atoms with Crippen LogP contribution in [0.1, 0.15) is 153 Å². The number of H-pyrrole nitrogens is 4.